The van der Waals surface area contributed by atoms with Crippen LogP contribution in [0.5, 0.6) is 0 Å². The Kier molecular flexibility index (Phi) is 6.81. The number of nitrogens with one attached hydrogen (secondary N) is 1. The highest BCUT2D eigenvalue weighted by molar-refractivity contribution is 5.94. The smallest absolute Gasteiger partial charge is 0.251 e. The van der Waals surface area contributed by atoms with Crippen LogP contribution in [0, 0.1) is 0 Å². The molecular formula is C22H28N2O2. The lowest BCUT2D eigenvalue weighted by Gasteiger charge is -2.27. The summed E-state index contributed by atoms with van der Waals surface area (Å²) in [5, 5.41) is 3.06. The van der Waals surface area contributed by atoms with E-state index in [1.807, 2.05) is 30.3 Å². The van der Waals surface area contributed by atoms with Crippen LogP contribution < -0.4 is 5.32 Å². The van der Waals surface area contributed by atoms with Crippen molar-refractivity contribution in [3.05, 3.63) is 70.8 Å². The molecule has 1 heterocycles. The van der Waals surface area contributed by atoms with Gasteiger partial charge in [0.1, 0.15) is 0 Å². The van der Waals surface area contributed by atoms with Crippen LogP contribution in [0.25, 0.3) is 0 Å². The topological polar surface area (TPSA) is 41.6 Å². The minimum Gasteiger partial charge on any atom is -0.380 e. The van der Waals surface area contributed by atoms with Crippen molar-refractivity contribution in [2.75, 3.05) is 20.2 Å². The number of hydrogen-bond donors (Lipinski definition) is 1. The van der Waals surface area contributed by atoms with Crippen LogP contribution >= 0.6 is 0 Å². The molecule has 0 spiro atoms. The number of nitrogens with zero attached hydrogens (tertiary/aromatic N) is 1. The molecule has 4 heteroatoms. The van der Waals surface area contributed by atoms with E-state index >= 15 is 0 Å². The molecule has 1 saturated heterocycles. The number of amides is 1. The molecule has 4 nitrogen and oxygen atoms in total. The fourth-order valence-electron chi connectivity index (χ4n) is 3.44. The SMILES string of the molecule is COCc1ccc(C(=O)NCc2ccccc2CN2CCCCC2)cc1. The van der Waals surface area contributed by atoms with E-state index in [0.29, 0.717) is 18.7 Å². The highest BCUT2D eigenvalue weighted by Crippen LogP contribution is 2.16. The molecule has 1 fully saturated rings. The number of likely N-dealkylation sites (tertiary alicyclic amines) is 1. The van der Waals surface area contributed by atoms with E-state index < -0.39 is 0 Å². The molecule has 0 unspecified atom stereocenters. The summed E-state index contributed by atoms with van der Waals surface area (Å²) >= 11 is 0. The van der Waals surface area contributed by atoms with Crippen LogP contribution in [0.4, 0.5) is 0 Å². The molecule has 2 aromatic carbocycles. The maximum atomic E-state index is 12.4. The van der Waals surface area contributed by atoms with Crippen LogP contribution in [-0.2, 0) is 24.4 Å². The van der Waals surface area contributed by atoms with Gasteiger partial charge in [-0.2, -0.15) is 0 Å². The molecule has 0 aromatic heterocycles. The predicted molar refractivity (Wildman–Crippen MR) is 104 cm³/mol. The number of rotatable bonds is 7. The first-order valence-corrected chi connectivity index (χ1v) is 9.41. The molecule has 1 aliphatic rings. The third kappa shape index (κ3) is 5.16. The summed E-state index contributed by atoms with van der Waals surface area (Å²) in [6, 6.07) is 16.0. The zero-order chi connectivity index (χ0) is 18.2. The van der Waals surface area contributed by atoms with Crippen LogP contribution in [0.15, 0.2) is 48.5 Å². The van der Waals surface area contributed by atoms with Crippen molar-refractivity contribution in [3.8, 4) is 0 Å². The van der Waals surface area contributed by atoms with Gasteiger partial charge in [-0.3, -0.25) is 9.69 Å². The molecule has 3 rings (SSSR count). The Labute approximate surface area is 156 Å². The molecule has 1 N–H and O–H groups in total. The van der Waals surface area contributed by atoms with Gasteiger partial charge < -0.3 is 10.1 Å². The Morgan fingerprint density at radius 2 is 1.69 bits per heavy atom. The maximum absolute atomic E-state index is 12.4. The standard InChI is InChI=1S/C22H28N2O2/c1-26-17-18-9-11-19(12-10-18)22(25)23-15-20-7-3-4-8-21(20)16-24-13-5-2-6-14-24/h3-4,7-12H,2,5-6,13-17H2,1H3,(H,23,25). The summed E-state index contributed by atoms with van der Waals surface area (Å²) in [7, 11) is 1.67. The Balaban J connectivity index is 1.59. The first-order chi connectivity index (χ1) is 12.8. The van der Waals surface area contributed by atoms with Gasteiger partial charge in [-0.25, -0.2) is 0 Å². The molecule has 0 radical (unpaired) electrons. The van der Waals surface area contributed by atoms with E-state index in [2.05, 4.69) is 28.4 Å². The average Bonchev–Trinajstić information content (AvgIpc) is 2.69. The quantitative estimate of drug-likeness (QED) is 0.825. The lowest BCUT2D eigenvalue weighted by atomic mass is 10.0. The Hall–Kier alpha value is -2.17. The van der Waals surface area contributed by atoms with Gasteiger partial charge in [0, 0.05) is 25.8 Å². The molecular weight excluding hydrogens is 324 g/mol. The first kappa shape index (κ1) is 18.6. The van der Waals surface area contributed by atoms with Gasteiger partial charge in [-0.05, 0) is 54.8 Å². The second-order valence-electron chi connectivity index (χ2n) is 6.92. The Bertz CT molecular complexity index is 706. The summed E-state index contributed by atoms with van der Waals surface area (Å²) in [6.07, 6.45) is 3.92. The zero-order valence-electron chi connectivity index (χ0n) is 15.5. The number of benzene rings is 2. The number of methoxy groups -OCH3 is 1. The monoisotopic (exact) mass is 352 g/mol. The minimum absolute atomic E-state index is 0.0401. The minimum atomic E-state index is -0.0401. The summed E-state index contributed by atoms with van der Waals surface area (Å²) in [5.41, 5.74) is 4.25. The molecule has 0 bridgehead atoms. The van der Waals surface area contributed by atoms with Crippen molar-refractivity contribution in [1.29, 1.82) is 0 Å². The highest BCUT2D eigenvalue weighted by atomic mass is 16.5. The average molecular weight is 352 g/mol. The molecule has 2 aromatic rings. The van der Waals surface area contributed by atoms with Gasteiger partial charge in [-0.15, -0.1) is 0 Å². The van der Waals surface area contributed by atoms with E-state index in [0.717, 1.165) is 12.1 Å². The van der Waals surface area contributed by atoms with E-state index in [4.69, 9.17) is 4.74 Å². The third-order valence-corrected chi connectivity index (χ3v) is 4.93. The summed E-state index contributed by atoms with van der Waals surface area (Å²) in [6.45, 7) is 4.44. The summed E-state index contributed by atoms with van der Waals surface area (Å²) in [4.78, 5) is 14.9. The normalized spacial score (nSPS) is 15.0. The molecule has 26 heavy (non-hydrogen) atoms. The highest BCUT2D eigenvalue weighted by Gasteiger charge is 2.13. The largest absolute Gasteiger partial charge is 0.380 e. The third-order valence-electron chi connectivity index (χ3n) is 4.93. The van der Waals surface area contributed by atoms with Crippen LogP contribution in [-0.4, -0.2) is 31.0 Å². The van der Waals surface area contributed by atoms with Crippen LogP contribution in [0.2, 0.25) is 0 Å². The molecule has 0 aliphatic carbocycles. The van der Waals surface area contributed by atoms with Crippen molar-refractivity contribution in [3.63, 3.8) is 0 Å². The van der Waals surface area contributed by atoms with E-state index in [9.17, 15) is 4.79 Å². The number of piperidine rings is 1. The van der Waals surface area contributed by atoms with Gasteiger partial charge in [0.2, 0.25) is 0 Å². The predicted octanol–water partition coefficient (Wildman–Crippen LogP) is 3.75. The summed E-state index contributed by atoms with van der Waals surface area (Å²) < 4.78 is 5.10. The zero-order valence-corrected chi connectivity index (χ0v) is 15.5. The maximum Gasteiger partial charge on any atom is 0.251 e. The molecule has 1 amide bonds. The van der Waals surface area contributed by atoms with E-state index in [1.54, 1.807) is 7.11 Å². The van der Waals surface area contributed by atoms with E-state index in [-0.39, 0.29) is 5.91 Å². The molecule has 138 valence electrons. The molecule has 1 aliphatic heterocycles. The first-order valence-electron chi connectivity index (χ1n) is 9.41. The number of carbonyl (C=O) groups excluding carboxylic acids is 1. The second kappa shape index (κ2) is 9.51. The van der Waals surface area contributed by atoms with Crippen molar-refractivity contribution in [2.24, 2.45) is 0 Å². The van der Waals surface area contributed by atoms with E-state index in [1.165, 1.54) is 43.5 Å². The molecule has 0 saturated carbocycles. The lowest BCUT2D eigenvalue weighted by molar-refractivity contribution is 0.0950. The van der Waals surface area contributed by atoms with Crippen LogP contribution in [0.1, 0.15) is 46.3 Å². The second-order valence-corrected chi connectivity index (χ2v) is 6.92. The lowest BCUT2D eigenvalue weighted by Crippen LogP contribution is -2.30. The summed E-state index contributed by atoms with van der Waals surface area (Å²) in [5.74, 6) is -0.0401. The van der Waals surface area contributed by atoms with Crippen molar-refractivity contribution >= 4 is 5.91 Å². The van der Waals surface area contributed by atoms with Gasteiger partial charge in [0.15, 0.2) is 0 Å². The van der Waals surface area contributed by atoms with Gasteiger partial charge in [-0.1, -0.05) is 42.8 Å². The van der Waals surface area contributed by atoms with Crippen molar-refractivity contribution < 1.29 is 9.53 Å². The fraction of sp³-hybridized carbons (Fsp3) is 0.409. The number of ether oxygens (including phenoxy) is 1. The van der Waals surface area contributed by atoms with Crippen molar-refractivity contribution in [1.82, 2.24) is 10.2 Å². The fourth-order valence-corrected chi connectivity index (χ4v) is 3.44. The van der Waals surface area contributed by atoms with Gasteiger partial charge in [0.25, 0.3) is 5.91 Å². The van der Waals surface area contributed by atoms with Crippen LogP contribution in [0.3, 0.4) is 0 Å². The molecule has 0 atom stereocenters. The van der Waals surface area contributed by atoms with Crippen molar-refractivity contribution in [2.45, 2.75) is 39.0 Å². The van der Waals surface area contributed by atoms with Gasteiger partial charge in [0.05, 0.1) is 6.61 Å². The Morgan fingerprint density at radius 1 is 1.00 bits per heavy atom. The Morgan fingerprint density at radius 3 is 2.38 bits per heavy atom. The number of carbonyl (C=O) groups is 1. The van der Waals surface area contributed by atoms with Gasteiger partial charge >= 0.3 is 0 Å². The number of hydrogen-bond acceptors (Lipinski definition) is 3.